The predicted molar refractivity (Wildman–Crippen MR) is 85.5 cm³/mol. The van der Waals surface area contributed by atoms with E-state index in [1.807, 2.05) is 18.2 Å². The maximum absolute atomic E-state index is 9.33. The van der Waals surface area contributed by atoms with Crippen molar-refractivity contribution in [3.8, 4) is 0 Å². The van der Waals surface area contributed by atoms with E-state index in [1.54, 1.807) is 0 Å². The molecule has 0 fully saturated rings. The maximum Gasteiger partial charge on any atom is 0.173 e. The average Bonchev–Trinajstić information content (AvgIpc) is 2.46. The molecule has 0 aliphatic carbocycles. The molecule has 0 bridgehead atoms. The molecule has 0 saturated heterocycles. The lowest BCUT2D eigenvalue weighted by Crippen LogP contribution is -2.38. The van der Waals surface area contributed by atoms with E-state index in [0.29, 0.717) is 18.2 Å². The summed E-state index contributed by atoms with van der Waals surface area (Å²) in [7, 11) is 0. The van der Waals surface area contributed by atoms with E-state index >= 15 is 0 Å². The van der Waals surface area contributed by atoms with Crippen LogP contribution in [0.3, 0.4) is 0 Å². The van der Waals surface area contributed by atoms with Crippen LogP contribution in [-0.4, -0.2) is 35.3 Å². The number of nitrogens with zero attached hydrogens (tertiary/aromatic N) is 2. The largest absolute Gasteiger partial charge is 0.409 e. The van der Waals surface area contributed by atoms with Gasteiger partial charge >= 0.3 is 0 Å². The minimum Gasteiger partial charge on any atom is -0.409 e. The number of oxime groups is 1. The summed E-state index contributed by atoms with van der Waals surface area (Å²) >= 11 is 3.44. The Bertz CT molecular complexity index is 462. The highest BCUT2D eigenvalue weighted by Gasteiger charge is 2.21. The number of hydrogen-bond acceptors (Lipinski definition) is 4. The summed E-state index contributed by atoms with van der Waals surface area (Å²) in [6, 6.07) is 5.97. The molecule has 6 heteroatoms. The number of nitrogens with two attached hydrogens (primary N) is 1. The molecule has 0 heterocycles. The van der Waals surface area contributed by atoms with Crippen molar-refractivity contribution >= 4 is 27.5 Å². The van der Waals surface area contributed by atoms with Crippen molar-refractivity contribution in [1.29, 1.82) is 0 Å². The summed E-state index contributed by atoms with van der Waals surface area (Å²) in [6.45, 7) is 4.78. The van der Waals surface area contributed by atoms with Crippen LogP contribution in [0.1, 0.15) is 32.3 Å². The molecule has 1 rings (SSSR count). The van der Waals surface area contributed by atoms with E-state index in [1.165, 1.54) is 0 Å². The van der Waals surface area contributed by atoms with Crippen molar-refractivity contribution in [1.82, 2.24) is 0 Å². The van der Waals surface area contributed by atoms with E-state index in [0.717, 1.165) is 23.0 Å². The summed E-state index contributed by atoms with van der Waals surface area (Å²) < 4.78 is 0.763. The van der Waals surface area contributed by atoms with Crippen molar-refractivity contribution in [2.24, 2.45) is 10.9 Å². The van der Waals surface area contributed by atoms with E-state index in [4.69, 9.17) is 10.9 Å². The van der Waals surface area contributed by atoms with Gasteiger partial charge in [-0.1, -0.05) is 25.1 Å². The van der Waals surface area contributed by atoms with Crippen LogP contribution in [0.25, 0.3) is 0 Å². The first-order valence-electron chi connectivity index (χ1n) is 6.74. The first-order valence-corrected chi connectivity index (χ1v) is 7.53. The van der Waals surface area contributed by atoms with E-state index < -0.39 is 0 Å². The Kier molecular flexibility index (Phi) is 6.81. The fraction of sp³-hybridized carbons (Fsp3) is 0.500. The number of aliphatic hydroxyl groups excluding tert-OH is 1. The van der Waals surface area contributed by atoms with Crippen molar-refractivity contribution in [3.63, 3.8) is 0 Å². The molecule has 0 saturated carbocycles. The Balaban J connectivity index is 3.36. The van der Waals surface area contributed by atoms with Crippen molar-refractivity contribution in [2.75, 3.05) is 18.1 Å². The molecule has 112 valence electrons. The third kappa shape index (κ3) is 3.64. The van der Waals surface area contributed by atoms with Crippen LogP contribution in [0, 0.1) is 0 Å². The number of aliphatic hydroxyl groups is 1. The topological polar surface area (TPSA) is 82.1 Å². The quantitative estimate of drug-likeness (QED) is 0.307. The molecule has 0 amide bonds. The average molecular weight is 344 g/mol. The summed E-state index contributed by atoms with van der Waals surface area (Å²) in [6.07, 6.45) is 1.91. The smallest absolute Gasteiger partial charge is 0.173 e. The van der Waals surface area contributed by atoms with Gasteiger partial charge in [0.1, 0.15) is 0 Å². The molecule has 1 aromatic rings. The number of anilines is 1. The fourth-order valence-corrected chi connectivity index (χ4v) is 2.95. The first kappa shape index (κ1) is 16.8. The fourth-order valence-electron chi connectivity index (χ4n) is 2.39. The van der Waals surface area contributed by atoms with Gasteiger partial charge in [-0.25, -0.2) is 0 Å². The first-order chi connectivity index (χ1) is 9.60. The SMILES string of the molecule is CCC(CC)N(CCO)c1cccc(Br)c1/C(N)=N/O. The van der Waals surface area contributed by atoms with Gasteiger partial charge < -0.3 is 20.9 Å². The van der Waals surface area contributed by atoms with E-state index in [-0.39, 0.29) is 12.4 Å². The lowest BCUT2D eigenvalue weighted by atomic mass is 10.1. The van der Waals surface area contributed by atoms with Crippen molar-refractivity contribution in [2.45, 2.75) is 32.7 Å². The van der Waals surface area contributed by atoms with Crippen molar-refractivity contribution in [3.05, 3.63) is 28.2 Å². The van der Waals surface area contributed by atoms with Gasteiger partial charge in [-0.15, -0.1) is 0 Å². The molecule has 0 spiro atoms. The minimum absolute atomic E-state index is 0.0542. The zero-order valence-electron chi connectivity index (χ0n) is 11.9. The van der Waals surface area contributed by atoms with Gasteiger partial charge in [-0.2, -0.15) is 0 Å². The van der Waals surface area contributed by atoms with Gasteiger partial charge in [-0.05, 0) is 40.9 Å². The molecule has 0 radical (unpaired) electrons. The second-order valence-corrected chi connectivity index (χ2v) is 5.36. The molecule has 5 nitrogen and oxygen atoms in total. The lowest BCUT2D eigenvalue weighted by molar-refractivity contribution is 0.296. The molecule has 0 aromatic heterocycles. The number of amidine groups is 1. The predicted octanol–water partition coefficient (Wildman–Crippen LogP) is 2.53. The van der Waals surface area contributed by atoms with Crippen LogP contribution in [0.5, 0.6) is 0 Å². The molecular formula is C14H22BrN3O2. The number of hydrogen-bond donors (Lipinski definition) is 3. The summed E-state index contributed by atoms with van der Waals surface area (Å²) in [5.74, 6) is 0.0568. The zero-order valence-corrected chi connectivity index (χ0v) is 13.5. The van der Waals surface area contributed by atoms with E-state index in [9.17, 15) is 5.11 Å². The zero-order chi connectivity index (χ0) is 15.1. The Hall–Kier alpha value is -1.27. The van der Waals surface area contributed by atoms with Crippen LogP contribution >= 0.6 is 15.9 Å². The minimum atomic E-state index is 0.0542. The molecular weight excluding hydrogens is 322 g/mol. The Morgan fingerprint density at radius 3 is 2.55 bits per heavy atom. The second-order valence-electron chi connectivity index (χ2n) is 4.51. The summed E-state index contributed by atoms with van der Waals surface area (Å²) in [5.41, 5.74) is 7.30. The molecule has 0 atom stereocenters. The highest BCUT2D eigenvalue weighted by atomic mass is 79.9. The monoisotopic (exact) mass is 343 g/mol. The third-order valence-corrected chi connectivity index (χ3v) is 4.05. The van der Waals surface area contributed by atoms with Gasteiger partial charge in [0.05, 0.1) is 12.2 Å². The van der Waals surface area contributed by atoms with Crippen LogP contribution < -0.4 is 10.6 Å². The van der Waals surface area contributed by atoms with Crippen molar-refractivity contribution < 1.29 is 10.3 Å². The second kappa shape index (κ2) is 8.11. The van der Waals surface area contributed by atoms with Gasteiger partial charge in [-0.3, -0.25) is 0 Å². The molecule has 1 aromatic carbocycles. The highest BCUT2D eigenvalue weighted by molar-refractivity contribution is 9.10. The number of halogens is 1. The summed E-state index contributed by atoms with van der Waals surface area (Å²) in [4.78, 5) is 2.11. The lowest BCUT2D eigenvalue weighted by Gasteiger charge is -2.33. The molecule has 4 N–H and O–H groups in total. The molecule has 0 aliphatic heterocycles. The van der Waals surface area contributed by atoms with Crippen LogP contribution in [-0.2, 0) is 0 Å². The van der Waals surface area contributed by atoms with Gasteiger partial charge in [0.25, 0.3) is 0 Å². The Morgan fingerprint density at radius 2 is 2.05 bits per heavy atom. The normalized spacial score (nSPS) is 11.9. The van der Waals surface area contributed by atoms with E-state index in [2.05, 4.69) is 39.8 Å². The molecule has 20 heavy (non-hydrogen) atoms. The van der Waals surface area contributed by atoms with Gasteiger partial charge in [0, 0.05) is 22.7 Å². The van der Waals surface area contributed by atoms with Crippen LogP contribution in [0.4, 0.5) is 5.69 Å². The Labute approximate surface area is 128 Å². The van der Waals surface area contributed by atoms with Gasteiger partial charge in [0.15, 0.2) is 5.84 Å². The standard InChI is InChI=1S/C14H22BrN3O2/c1-3-10(4-2)18(8-9-19)12-7-5-6-11(15)13(12)14(16)17-20/h5-7,10,19-20H,3-4,8-9H2,1-2H3,(H2,16,17). The Morgan fingerprint density at radius 1 is 1.40 bits per heavy atom. The molecule has 0 unspecified atom stereocenters. The van der Waals surface area contributed by atoms with Crippen LogP contribution in [0.2, 0.25) is 0 Å². The molecule has 0 aliphatic rings. The number of benzene rings is 1. The number of rotatable bonds is 7. The summed E-state index contributed by atoms with van der Waals surface area (Å²) in [5, 5.41) is 21.4. The maximum atomic E-state index is 9.33. The van der Waals surface area contributed by atoms with Gasteiger partial charge in [0.2, 0.25) is 0 Å². The van der Waals surface area contributed by atoms with Crippen LogP contribution in [0.15, 0.2) is 27.8 Å². The highest BCUT2D eigenvalue weighted by Crippen LogP contribution is 2.30. The third-order valence-electron chi connectivity index (χ3n) is 3.39.